The highest BCUT2D eigenvalue weighted by Gasteiger charge is 2.18. The summed E-state index contributed by atoms with van der Waals surface area (Å²) in [4.78, 5) is 24.8. The third-order valence-corrected chi connectivity index (χ3v) is 6.07. The van der Waals surface area contributed by atoms with Gasteiger partial charge in [-0.15, -0.1) is 0 Å². The molecular weight excluding hydrogens is 380 g/mol. The minimum absolute atomic E-state index is 0.0563. The van der Waals surface area contributed by atoms with Gasteiger partial charge in [-0.1, -0.05) is 24.3 Å². The highest BCUT2D eigenvalue weighted by atomic mass is 32.2. The Hall–Kier alpha value is -3.04. The van der Waals surface area contributed by atoms with Crippen molar-refractivity contribution in [3.8, 4) is 0 Å². The number of anilines is 1. The Morgan fingerprint density at radius 3 is 2.46 bits per heavy atom. The number of hydrogen-bond acceptors (Lipinski definition) is 5. The molecule has 0 aliphatic carbocycles. The highest BCUT2D eigenvalue weighted by Crippen LogP contribution is 2.19. The van der Waals surface area contributed by atoms with Gasteiger partial charge in [-0.05, 0) is 24.3 Å². The maximum absolute atomic E-state index is 12.5. The number of fused-ring (bicyclic) bond motifs is 1. The van der Waals surface area contributed by atoms with Crippen LogP contribution in [0, 0.1) is 0 Å². The van der Waals surface area contributed by atoms with Crippen LogP contribution >= 0.6 is 0 Å². The lowest BCUT2D eigenvalue weighted by Crippen LogP contribution is -2.24. The predicted molar refractivity (Wildman–Crippen MR) is 107 cm³/mol. The Bertz CT molecular complexity index is 1220. The summed E-state index contributed by atoms with van der Waals surface area (Å²) in [6.07, 6.45) is -0.0563. The van der Waals surface area contributed by atoms with Crippen molar-refractivity contribution in [3.63, 3.8) is 0 Å². The molecule has 2 aromatic carbocycles. The smallest absolute Gasteiger partial charge is 0.274 e. The average molecular weight is 400 g/mol. The first-order chi connectivity index (χ1) is 13.2. The first-order valence-corrected chi connectivity index (χ1v) is 9.91. The second kappa shape index (κ2) is 7.53. The van der Waals surface area contributed by atoms with Gasteiger partial charge in [0.15, 0.2) is 0 Å². The van der Waals surface area contributed by atoms with Gasteiger partial charge in [0.05, 0.1) is 22.4 Å². The second-order valence-corrected chi connectivity index (χ2v) is 8.61. The maximum Gasteiger partial charge on any atom is 0.274 e. The number of benzene rings is 2. The Morgan fingerprint density at radius 2 is 1.79 bits per heavy atom. The van der Waals surface area contributed by atoms with E-state index in [0.29, 0.717) is 22.2 Å². The fourth-order valence-corrected chi connectivity index (χ4v) is 3.76. The fraction of sp³-hybridized carbons (Fsp3) is 0.211. The first kappa shape index (κ1) is 19.7. The summed E-state index contributed by atoms with van der Waals surface area (Å²) < 4.78 is 26.8. The Morgan fingerprint density at radius 1 is 1.11 bits per heavy atom. The third kappa shape index (κ3) is 3.80. The number of nitrogens with zero attached hydrogens (tertiary/aromatic N) is 3. The maximum atomic E-state index is 12.5. The molecule has 0 saturated heterocycles. The largest absolute Gasteiger partial charge is 0.326 e. The van der Waals surface area contributed by atoms with Crippen molar-refractivity contribution in [2.75, 3.05) is 19.4 Å². The van der Waals surface area contributed by atoms with Crippen LogP contribution in [0.25, 0.3) is 10.8 Å². The predicted octanol–water partition coefficient (Wildman–Crippen LogP) is 1.36. The van der Waals surface area contributed by atoms with E-state index in [2.05, 4.69) is 10.4 Å². The van der Waals surface area contributed by atoms with Gasteiger partial charge in [0, 0.05) is 32.2 Å². The zero-order chi connectivity index (χ0) is 20.5. The molecule has 0 unspecified atom stereocenters. The van der Waals surface area contributed by atoms with E-state index in [9.17, 15) is 18.0 Å². The summed E-state index contributed by atoms with van der Waals surface area (Å²) in [5.41, 5.74) is 0.593. The van der Waals surface area contributed by atoms with Crippen LogP contribution in [-0.2, 0) is 28.3 Å². The zero-order valence-electron chi connectivity index (χ0n) is 15.7. The Labute approximate surface area is 162 Å². The van der Waals surface area contributed by atoms with E-state index in [1.165, 1.54) is 38.0 Å². The van der Waals surface area contributed by atoms with E-state index in [1.54, 1.807) is 36.4 Å². The van der Waals surface area contributed by atoms with Crippen molar-refractivity contribution in [2.45, 2.75) is 11.3 Å². The summed E-state index contributed by atoms with van der Waals surface area (Å²) in [6.45, 7) is 0. The molecule has 1 heterocycles. The van der Waals surface area contributed by atoms with Gasteiger partial charge in [0.1, 0.15) is 0 Å². The highest BCUT2D eigenvalue weighted by molar-refractivity contribution is 7.89. The molecular formula is C19H20N4O4S. The van der Waals surface area contributed by atoms with Crippen LogP contribution in [-0.4, -0.2) is 42.5 Å². The lowest BCUT2D eigenvalue weighted by atomic mass is 10.1. The summed E-state index contributed by atoms with van der Waals surface area (Å²) in [7, 11) is 0.815. The Balaban J connectivity index is 1.87. The standard InChI is InChI=1S/C19H20N4O4S/c1-22(2)28(26,27)14-8-6-7-13(11-14)20-18(24)12-17-15-9-4-5-10-16(15)19(25)23(3)21-17/h4-11H,12H2,1-3H3,(H,20,24). The quantitative estimate of drug-likeness (QED) is 0.697. The van der Waals surface area contributed by atoms with Crippen LogP contribution in [0.5, 0.6) is 0 Å². The van der Waals surface area contributed by atoms with Crippen LogP contribution in [0.1, 0.15) is 5.69 Å². The first-order valence-electron chi connectivity index (χ1n) is 8.47. The van der Waals surface area contributed by atoms with Crippen molar-refractivity contribution >= 4 is 32.4 Å². The number of hydrogen-bond donors (Lipinski definition) is 1. The molecule has 0 bridgehead atoms. The van der Waals surface area contributed by atoms with Gasteiger partial charge in [0.2, 0.25) is 15.9 Å². The van der Waals surface area contributed by atoms with Gasteiger partial charge in [0.25, 0.3) is 5.56 Å². The molecule has 1 amide bonds. The van der Waals surface area contributed by atoms with E-state index < -0.39 is 10.0 Å². The normalized spacial score (nSPS) is 11.7. The summed E-state index contributed by atoms with van der Waals surface area (Å²) in [6, 6.07) is 13.0. The number of rotatable bonds is 5. The number of amides is 1. The molecule has 0 aliphatic rings. The van der Waals surface area contributed by atoms with E-state index in [1.807, 2.05) is 0 Å². The molecule has 9 heteroatoms. The van der Waals surface area contributed by atoms with Crippen molar-refractivity contribution in [1.82, 2.24) is 14.1 Å². The average Bonchev–Trinajstić information content (AvgIpc) is 2.66. The molecule has 0 aliphatic heterocycles. The van der Waals surface area contributed by atoms with Crippen LogP contribution in [0.3, 0.4) is 0 Å². The fourth-order valence-electron chi connectivity index (χ4n) is 2.81. The number of sulfonamides is 1. The molecule has 1 N–H and O–H groups in total. The summed E-state index contributed by atoms with van der Waals surface area (Å²) >= 11 is 0. The van der Waals surface area contributed by atoms with Crippen molar-refractivity contribution in [2.24, 2.45) is 7.05 Å². The monoisotopic (exact) mass is 400 g/mol. The molecule has 0 spiro atoms. The van der Waals surface area contributed by atoms with E-state index in [4.69, 9.17) is 0 Å². The molecule has 28 heavy (non-hydrogen) atoms. The lowest BCUT2D eigenvalue weighted by Gasteiger charge is -2.13. The van der Waals surface area contributed by atoms with Crippen molar-refractivity contribution in [1.29, 1.82) is 0 Å². The topological polar surface area (TPSA) is 101 Å². The van der Waals surface area contributed by atoms with Gasteiger partial charge in [-0.2, -0.15) is 5.10 Å². The van der Waals surface area contributed by atoms with Crippen LogP contribution in [0.4, 0.5) is 5.69 Å². The molecule has 3 aromatic rings. The molecule has 0 fully saturated rings. The number of carbonyl (C=O) groups excluding carboxylic acids is 1. The summed E-state index contributed by atoms with van der Waals surface area (Å²) in [5, 5.41) is 8.00. The van der Waals surface area contributed by atoms with Crippen LogP contribution in [0.15, 0.2) is 58.2 Å². The van der Waals surface area contributed by atoms with E-state index in [-0.39, 0.29) is 22.8 Å². The second-order valence-electron chi connectivity index (χ2n) is 6.46. The Kier molecular flexibility index (Phi) is 5.30. The van der Waals surface area contributed by atoms with Gasteiger partial charge in [-0.3, -0.25) is 9.59 Å². The van der Waals surface area contributed by atoms with Crippen LogP contribution < -0.4 is 10.9 Å². The number of nitrogens with one attached hydrogen (secondary N) is 1. The minimum atomic E-state index is -3.60. The number of aromatic nitrogens is 2. The molecule has 0 radical (unpaired) electrons. The number of carbonyl (C=O) groups is 1. The minimum Gasteiger partial charge on any atom is -0.326 e. The molecule has 146 valence electrons. The third-order valence-electron chi connectivity index (χ3n) is 4.26. The molecule has 1 aromatic heterocycles. The van der Waals surface area contributed by atoms with E-state index >= 15 is 0 Å². The van der Waals surface area contributed by atoms with Crippen molar-refractivity contribution in [3.05, 3.63) is 64.6 Å². The van der Waals surface area contributed by atoms with Crippen molar-refractivity contribution < 1.29 is 13.2 Å². The van der Waals surface area contributed by atoms with Gasteiger partial charge >= 0.3 is 0 Å². The molecule has 3 rings (SSSR count). The molecule has 0 saturated carbocycles. The van der Waals surface area contributed by atoms with Gasteiger partial charge in [-0.25, -0.2) is 17.4 Å². The SMILES string of the molecule is CN(C)S(=O)(=O)c1cccc(NC(=O)Cc2nn(C)c(=O)c3ccccc23)c1. The zero-order valence-corrected chi connectivity index (χ0v) is 16.5. The summed E-state index contributed by atoms with van der Waals surface area (Å²) in [5.74, 6) is -0.365. The molecule has 8 nitrogen and oxygen atoms in total. The van der Waals surface area contributed by atoms with Crippen LogP contribution in [0.2, 0.25) is 0 Å². The number of aryl methyl sites for hydroxylation is 1. The molecule has 0 atom stereocenters. The lowest BCUT2D eigenvalue weighted by molar-refractivity contribution is -0.115. The van der Waals surface area contributed by atoms with Gasteiger partial charge < -0.3 is 5.32 Å². The van der Waals surface area contributed by atoms with E-state index in [0.717, 1.165) is 4.31 Å².